The normalized spacial score (nSPS) is 15.8. The molecule has 1 aromatic carbocycles. The molecule has 124 valence electrons. The van der Waals surface area contributed by atoms with E-state index >= 15 is 0 Å². The lowest BCUT2D eigenvalue weighted by Gasteiger charge is -2.25. The van der Waals surface area contributed by atoms with Crippen LogP contribution < -0.4 is 14.2 Å². The summed E-state index contributed by atoms with van der Waals surface area (Å²) in [6, 6.07) is 6.02. The van der Waals surface area contributed by atoms with Crippen LogP contribution in [0.5, 0.6) is 17.2 Å². The first-order valence-corrected chi connectivity index (χ1v) is 7.85. The highest BCUT2D eigenvalue weighted by atomic mass is 16.5. The van der Waals surface area contributed by atoms with Crippen molar-refractivity contribution in [3.05, 3.63) is 23.3 Å². The van der Waals surface area contributed by atoms with E-state index in [1.807, 2.05) is 18.2 Å². The molecule has 1 aromatic rings. The van der Waals surface area contributed by atoms with Crippen LogP contribution in [0.4, 0.5) is 0 Å². The molecule has 0 bridgehead atoms. The molecule has 5 heteroatoms. The topological polar surface area (TPSA) is 54.7 Å². The minimum Gasteiger partial charge on any atom is -0.493 e. The van der Waals surface area contributed by atoms with Crippen LogP contribution in [0.2, 0.25) is 0 Å². The van der Waals surface area contributed by atoms with E-state index in [9.17, 15) is 5.26 Å². The molecule has 0 radical (unpaired) electrons. The van der Waals surface area contributed by atoms with E-state index in [0.717, 1.165) is 24.2 Å². The van der Waals surface area contributed by atoms with Crippen LogP contribution >= 0.6 is 0 Å². The van der Waals surface area contributed by atoms with Gasteiger partial charge in [-0.1, -0.05) is 6.42 Å². The number of rotatable bonds is 6. The lowest BCUT2D eigenvalue weighted by molar-refractivity contribution is 0.249. The third-order valence-corrected chi connectivity index (χ3v) is 4.01. The molecular formula is C18H24N2O3. The highest BCUT2D eigenvalue weighted by Gasteiger charge is 2.14. The van der Waals surface area contributed by atoms with Crippen molar-refractivity contribution in [2.24, 2.45) is 0 Å². The number of methoxy groups -OCH3 is 3. The lowest BCUT2D eigenvalue weighted by Crippen LogP contribution is -2.31. The number of hydrogen-bond donors (Lipinski definition) is 0. The molecule has 0 N–H and O–H groups in total. The van der Waals surface area contributed by atoms with Gasteiger partial charge in [-0.25, -0.2) is 0 Å². The van der Waals surface area contributed by atoms with Crippen molar-refractivity contribution in [2.75, 3.05) is 41.0 Å². The van der Waals surface area contributed by atoms with Gasteiger partial charge in [0, 0.05) is 12.1 Å². The summed E-state index contributed by atoms with van der Waals surface area (Å²) in [5.41, 5.74) is 1.61. The van der Waals surface area contributed by atoms with Crippen LogP contribution in [-0.2, 0) is 0 Å². The smallest absolute Gasteiger partial charge is 0.203 e. The fraction of sp³-hybridized carbons (Fsp3) is 0.500. The number of likely N-dealkylation sites (tertiary alicyclic amines) is 1. The van der Waals surface area contributed by atoms with Crippen LogP contribution in [-0.4, -0.2) is 45.9 Å². The van der Waals surface area contributed by atoms with Crippen LogP contribution in [0, 0.1) is 11.3 Å². The maximum absolute atomic E-state index is 9.44. The van der Waals surface area contributed by atoms with Crippen molar-refractivity contribution in [1.29, 1.82) is 5.26 Å². The molecule has 5 nitrogen and oxygen atoms in total. The van der Waals surface area contributed by atoms with Gasteiger partial charge in [0.2, 0.25) is 5.75 Å². The van der Waals surface area contributed by atoms with Gasteiger partial charge in [-0.15, -0.1) is 0 Å². The van der Waals surface area contributed by atoms with Crippen LogP contribution in [0.3, 0.4) is 0 Å². The van der Waals surface area contributed by atoms with Gasteiger partial charge in [-0.05, 0) is 49.7 Å². The zero-order valence-electron chi connectivity index (χ0n) is 14.1. The molecular weight excluding hydrogens is 292 g/mol. The number of nitrogens with zero attached hydrogens (tertiary/aromatic N) is 2. The van der Waals surface area contributed by atoms with Crippen molar-refractivity contribution in [3.63, 3.8) is 0 Å². The molecule has 1 fully saturated rings. The number of benzene rings is 1. The number of hydrogen-bond acceptors (Lipinski definition) is 5. The first-order valence-electron chi connectivity index (χ1n) is 7.85. The van der Waals surface area contributed by atoms with Crippen LogP contribution in [0.1, 0.15) is 24.8 Å². The summed E-state index contributed by atoms with van der Waals surface area (Å²) < 4.78 is 16.0. The van der Waals surface area contributed by atoms with E-state index in [2.05, 4.69) is 11.0 Å². The zero-order valence-corrected chi connectivity index (χ0v) is 14.1. The summed E-state index contributed by atoms with van der Waals surface area (Å²) in [4.78, 5) is 2.33. The minimum atomic E-state index is 0.557. The molecule has 1 aliphatic rings. The van der Waals surface area contributed by atoms with Crippen molar-refractivity contribution in [3.8, 4) is 23.3 Å². The first-order chi connectivity index (χ1) is 11.2. The van der Waals surface area contributed by atoms with Gasteiger partial charge in [0.1, 0.15) is 0 Å². The van der Waals surface area contributed by atoms with E-state index in [-0.39, 0.29) is 0 Å². The second-order valence-corrected chi connectivity index (χ2v) is 5.58. The highest BCUT2D eigenvalue weighted by molar-refractivity contribution is 5.65. The molecule has 0 amide bonds. The molecule has 1 saturated heterocycles. The molecule has 0 aromatic heterocycles. The molecule has 0 spiro atoms. The van der Waals surface area contributed by atoms with Gasteiger partial charge in [0.15, 0.2) is 11.5 Å². The van der Waals surface area contributed by atoms with Crippen molar-refractivity contribution < 1.29 is 14.2 Å². The molecule has 0 saturated carbocycles. The van der Waals surface area contributed by atoms with Gasteiger partial charge in [-0.2, -0.15) is 5.26 Å². The maximum Gasteiger partial charge on any atom is 0.203 e. The number of piperidine rings is 1. The second-order valence-electron chi connectivity index (χ2n) is 5.58. The Labute approximate surface area is 138 Å². The summed E-state index contributed by atoms with van der Waals surface area (Å²) in [6.45, 7) is 2.82. The molecule has 0 atom stereocenters. The quantitative estimate of drug-likeness (QED) is 0.755. The Balaban J connectivity index is 2.26. The van der Waals surface area contributed by atoms with Gasteiger partial charge in [-0.3, -0.25) is 4.90 Å². The van der Waals surface area contributed by atoms with Gasteiger partial charge in [0.05, 0.1) is 27.4 Å². The maximum atomic E-state index is 9.44. The van der Waals surface area contributed by atoms with E-state index in [1.165, 1.54) is 19.3 Å². The van der Waals surface area contributed by atoms with E-state index < -0.39 is 0 Å². The predicted molar refractivity (Wildman–Crippen MR) is 90.0 cm³/mol. The Morgan fingerprint density at radius 2 is 1.70 bits per heavy atom. The SMILES string of the molecule is COc1cc(C=C(C#N)CN2CCCCC2)cc(OC)c1OC. The van der Waals surface area contributed by atoms with Crippen LogP contribution in [0.25, 0.3) is 6.08 Å². The summed E-state index contributed by atoms with van der Waals surface area (Å²) in [7, 11) is 4.75. The van der Waals surface area contributed by atoms with E-state index in [0.29, 0.717) is 23.8 Å². The Kier molecular flexibility index (Phi) is 6.30. The highest BCUT2D eigenvalue weighted by Crippen LogP contribution is 2.38. The first kappa shape index (κ1) is 17.2. The Bertz CT molecular complexity index is 574. The number of ether oxygens (including phenoxy) is 3. The zero-order chi connectivity index (χ0) is 16.7. The molecule has 2 rings (SSSR count). The summed E-state index contributed by atoms with van der Waals surface area (Å²) in [6.07, 6.45) is 5.60. The average Bonchev–Trinajstić information content (AvgIpc) is 2.61. The van der Waals surface area contributed by atoms with Crippen molar-refractivity contribution in [2.45, 2.75) is 19.3 Å². The van der Waals surface area contributed by atoms with Crippen molar-refractivity contribution in [1.82, 2.24) is 4.90 Å². The van der Waals surface area contributed by atoms with Gasteiger partial charge < -0.3 is 14.2 Å². The second kappa shape index (κ2) is 8.44. The van der Waals surface area contributed by atoms with E-state index in [4.69, 9.17) is 14.2 Å². The monoisotopic (exact) mass is 316 g/mol. The standard InChI is InChI=1S/C18H24N2O3/c1-21-16-10-14(11-17(22-2)18(16)23-3)9-15(12-19)13-20-7-5-4-6-8-20/h9-11H,4-8,13H2,1-3H3. The van der Waals surface area contributed by atoms with Crippen LogP contribution in [0.15, 0.2) is 17.7 Å². The number of nitriles is 1. The molecule has 1 aliphatic heterocycles. The fourth-order valence-corrected chi connectivity index (χ4v) is 2.86. The Hall–Kier alpha value is -2.19. The summed E-state index contributed by atoms with van der Waals surface area (Å²) >= 11 is 0. The average molecular weight is 316 g/mol. The summed E-state index contributed by atoms with van der Waals surface area (Å²) in [5, 5.41) is 9.44. The minimum absolute atomic E-state index is 0.557. The van der Waals surface area contributed by atoms with Gasteiger partial charge in [0.25, 0.3) is 0 Å². The largest absolute Gasteiger partial charge is 0.493 e. The molecule has 23 heavy (non-hydrogen) atoms. The van der Waals surface area contributed by atoms with Crippen molar-refractivity contribution >= 4 is 6.08 Å². The Morgan fingerprint density at radius 3 is 2.17 bits per heavy atom. The van der Waals surface area contributed by atoms with Gasteiger partial charge >= 0.3 is 0 Å². The molecule has 0 unspecified atom stereocenters. The third kappa shape index (κ3) is 4.40. The summed E-state index contributed by atoms with van der Waals surface area (Å²) in [5.74, 6) is 1.74. The molecule has 0 aliphatic carbocycles. The lowest BCUT2D eigenvalue weighted by atomic mass is 10.1. The Morgan fingerprint density at radius 1 is 1.09 bits per heavy atom. The predicted octanol–water partition coefficient (Wildman–Crippen LogP) is 3.11. The molecule has 1 heterocycles. The fourth-order valence-electron chi connectivity index (χ4n) is 2.86. The van der Waals surface area contributed by atoms with E-state index in [1.54, 1.807) is 21.3 Å². The third-order valence-electron chi connectivity index (χ3n) is 4.01.